The first-order chi connectivity index (χ1) is 17.0. The molecule has 10 heteroatoms. The molecule has 184 valence electrons. The van der Waals surface area contributed by atoms with Gasteiger partial charge in [0.05, 0.1) is 14.2 Å². The van der Waals surface area contributed by atoms with Crippen molar-refractivity contribution < 1.29 is 18.7 Å². The summed E-state index contributed by atoms with van der Waals surface area (Å²) in [6.07, 6.45) is 0. The van der Waals surface area contributed by atoms with Gasteiger partial charge in [0, 0.05) is 56.1 Å². The number of rotatable bonds is 8. The fraction of sp³-hybridized carbons (Fsp3) is 0.320. The van der Waals surface area contributed by atoms with Crippen LogP contribution in [0, 0.1) is 5.82 Å². The molecule has 0 saturated carbocycles. The van der Waals surface area contributed by atoms with Crippen LogP contribution in [0.5, 0.6) is 11.5 Å². The minimum Gasteiger partial charge on any atom is -0.497 e. The first kappa shape index (κ1) is 24.1. The number of amides is 1. The molecule has 1 aliphatic heterocycles. The topological polar surface area (TPSA) is 88.9 Å². The number of halogens is 1. The smallest absolute Gasteiger partial charge is 0.267 e. The summed E-state index contributed by atoms with van der Waals surface area (Å²) in [6, 6.07) is 14.9. The van der Waals surface area contributed by atoms with Crippen LogP contribution in [-0.4, -0.2) is 56.1 Å². The van der Waals surface area contributed by atoms with Gasteiger partial charge in [0.1, 0.15) is 29.7 Å². The lowest BCUT2D eigenvalue weighted by molar-refractivity contribution is -0.122. The Morgan fingerprint density at radius 3 is 2.37 bits per heavy atom. The van der Waals surface area contributed by atoms with Gasteiger partial charge in [-0.25, -0.2) is 9.07 Å². The second kappa shape index (κ2) is 10.9. The molecule has 1 N–H and O–H groups in total. The monoisotopic (exact) mass is 481 g/mol. The third-order valence-corrected chi connectivity index (χ3v) is 5.91. The van der Waals surface area contributed by atoms with Gasteiger partial charge in [-0.15, -0.1) is 0 Å². The van der Waals surface area contributed by atoms with E-state index in [1.807, 2.05) is 6.07 Å². The van der Waals surface area contributed by atoms with Crippen LogP contribution < -0.4 is 30.1 Å². The SMILES string of the molecule is COc1ccc(CNC(=O)Cn2nc(N3CCN(c4ccc(F)cc4)CC3)ccc2=O)c(OC)c1. The van der Waals surface area contributed by atoms with E-state index in [0.29, 0.717) is 30.4 Å². The van der Waals surface area contributed by atoms with Crippen molar-refractivity contribution in [1.82, 2.24) is 15.1 Å². The van der Waals surface area contributed by atoms with E-state index in [1.165, 1.54) is 22.9 Å². The molecule has 2 heterocycles. The van der Waals surface area contributed by atoms with Gasteiger partial charge in [-0.2, -0.15) is 5.10 Å². The molecule has 0 aliphatic carbocycles. The molecular formula is C25H28FN5O4. The Kier molecular flexibility index (Phi) is 7.49. The number of nitrogens with one attached hydrogen (secondary N) is 1. The molecule has 1 aliphatic rings. The van der Waals surface area contributed by atoms with Gasteiger partial charge in [0.15, 0.2) is 0 Å². The van der Waals surface area contributed by atoms with Gasteiger partial charge in [-0.05, 0) is 42.5 Å². The van der Waals surface area contributed by atoms with Gasteiger partial charge >= 0.3 is 0 Å². The zero-order chi connectivity index (χ0) is 24.8. The molecule has 9 nitrogen and oxygen atoms in total. The average Bonchev–Trinajstić information content (AvgIpc) is 2.89. The van der Waals surface area contributed by atoms with E-state index in [0.717, 1.165) is 24.3 Å². The Morgan fingerprint density at radius 1 is 0.971 bits per heavy atom. The molecule has 1 aromatic heterocycles. The molecule has 3 aromatic rings. The van der Waals surface area contributed by atoms with Gasteiger partial charge in [-0.1, -0.05) is 0 Å². The van der Waals surface area contributed by atoms with E-state index < -0.39 is 0 Å². The first-order valence-corrected chi connectivity index (χ1v) is 11.3. The Labute approximate surface area is 202 Å². The molecule has 1 saturated heterocycles. The number of methoxy groups -OCH3 is 2. The predicted octanol–water partition coefficient (Wildman–Crippen LogP) is 2.04. The zero-order valence-corrected chi connectivity index (χ0v) is 19.7. The van der Waals surface area contributed by atoms with Crippen molar-refractivity contribution in [2.45, 2.75) is 13.1 Å². The quantitative estimate of drug-likeness (QED) is 0.527. The highest BCUT2D eigenvalue weighted by Gasteiger charge is 2.19. The normalized spacial score (nSPS) is 13.5. The van der Waals surface area contributed by atoms with Gasteiger partial charge in [0.2, 0.25) is 5.91 Å². The number of piperazine rings is 1. The van der Waals surface area contributed by atoms with Crippen LogP contribution in [0.15, 0.2) is 59.4 Å². The number of ether oxygens (including phenoxy) is 2. The standard InChI is InChI=1S/C25H28FN5O4/c1-34-21-8-3-18(22(15-21)35-2)16-27-24(32)17-31-25(33)10-9-23(28-31)30-13-11-29(12-14-30)20-6-4-19(26)5-7-20/h3-10,15H,11-14,16-17H2,1-2H3,(H,27,32). The molecular weight excluding hydrogens is 453 g/mol. The molecule has 2 aromatic carbocycles. The van der Waals surface area contributed by atoms with E-state index in [4.69, 9.17) is 9.47 Å². The Hall–Kier alpha value is -4.08. The first-order valence-electron chi connectivity index (χ1n) is 11.3. The summed E-state index contributed by atoms with van der Waals surface area (Å²) in [5, 5.41) is 7.22. The molecule has 4 rings (SSSR count). The van der Waals surface area contributed by atoms with E-state index in [-0.39, 0.29) is 30.4 Å². The highest BCUT2D eigenvalue weighted by Crippen LogP contribution is 2.24. The summed E-state index contributed by atoms with van der Waals surface area (Å²) in [7, 11) is 3.12. The highest BCUT2D eigenvalue weighted by molar-refractivity contribution is 5.75. The third-order valence-electron chi connectivity index (χ3n) is 5.91. The fourth-order valence-electron chi connectivity index (χ4n) is 3.95. The fourth-order valence-corrected chi connectivity index (χ4v) is 3.95. The third kappa shape index (κ3) is 5.89. The maximum atomic E-state index is 13.2. The van der Waals surface area contributed by atoms with Gasteiger partial charge < -0.3 is 24.6 Å². The minimum atomic E-state index is -0.351. The van der Waals surface area contributed by atoms with Crippen molar-refractivity contribution in [2.24, 2.45) is 0 Å². The van der Waals surface area contributed by atoms with Crippen molar-refractivity contribution in [1.29, 1.82) is 0 Å². The number of hydrogen-bond acceptors (Lipinski definition) is 7. The largest absolute Gasteiger partial charge is 0.497 e. The molecule has 1 amide bonds. The molecule has 0 radical (unpaired) electrons. The summed E-state index contributed by atoms with van der Waals surface area (Å²) in [4.78, 5) is 29.1. The molecule has 0 bridgehead atoms. The molecule has 0 unspecified atom stereocenters. The van der Waals surface area contributed by atoms with Crippen LogP contribution in [0.4, 0.5) is 15.9 Å². The van der Waals surface area contributed by atoms with E-state index in [1.54, 1.807) is 44.6 Å². The molecule has 0 atom stereocenters. The number of carbonyl (C=O) groups is 1. The van der Waals surface area contributed by atoms with Crippen LogP contribution in [0.25, 0.3) is 0 Å². The van der Waals surface area contributed by atoms with Crippen molar-refractivity contribution in [2.75, 3.05) is 50.2 Å². The maximum Gasteiger partial charge on any atom is 0.267 e. The van der Waals surface area contributed by atoms with Gasteiger partial charge in [0.25, 0.3) is 5.56 Å². The van der Waals surface area contributed by atoms with Crippen LogP contribution in [-0.2, 0) is 17.9 Å². The van der Waals surface area contributed by atoms with Crippen molar-refractivity contribution in [3.05, 3.63) is 76.3 Å². The summed E-state index contributed by atoms with van der Waals surface area (Å²) in [5.41, 5.74) is 1.40. The molecule has 35 heavy (non-hydrogen) atoms. The number of hydrogen-bond donors (Lipinski definition) is 1. The highest BCUT2D eigenvalue weighted by atomic mass is 19.1. The lowest BCUT2D eigenvalue weighted by atomic mass is 10.2. The minimum absolute atomic E-state index is 0.194. The zero-order valence-electron chi connectivity index (χ0n) is 19.7. The van der Waals surface area contributed by atoms with Crippen LogP contribution in [0.3, 0.4) is 0 Å². The van der Waals surface area contributed by atoms with Crippen molar-refractivity contribution in [3.8, 4) is 11.5 Å². The Morgan fingerprint density at radius 2 is 1.69 bits per heavy atom. The average molecular weight is 482 g/mol. The van der Waals surface area contributed by atoms with E-state index in [2.05, 4.69) is 20.2 Å². The maximum absolute atomic E-state index is 13.2. The van der Waals surface area contributed by atoms with Crippen molar-refractivity contribution in [3.63, 3.8) is 0 Å². The number of nitrogens with zero attached hydrogens (tertiary/aromatic N) is 4. The summed E-state index contributed by atoms with van der Waals surface area (Å²) in [5.74, 6) is 1.29. The summed E-state index contributed by atoms with van der Waals surface area (Å²) >= 11 is 0. The Bertz CT molecular complexity index is 1220. The second-order valence-corrected chi connectivity index (χ2v) is 8.09. The van der Waals surface area contributed by atoms with Gasteiger partial charge in [-0.3, -0.25) is 9.59 Å². The lowest BCUT2D eigenvalue weighted by Crippen LogP contribution is -2.47. The number of aromatic nitrogens is 2. The lowest BCUT2D eigenvalue weighted by Gasteiger charge is -2.36. The molecule has 0 spiro atoms. The number of benzene rings is 2. The van der Waals surface area contributed by atoms with Crippen LogP contribution in [0.1, 0.15) is 5.56 Å². The number of anilines is 2. The van der Waals surface area contributed by atoms with Crippen molar-refractivity contribution >= 4 is 17.4 Å². The van der Waals surface area contributed by atoms with E-state index >= 15 is 0 Å². The molecule has 1 fully saturated rings. The van der Waals surface area contributed by atoms with Crippen LogP contribution >= 0.6 is 0 Å². The number of carbonyl (C=O) groups excluding carboxylic acids is 1. The van der Waals surface area contributed by atoms with E-state index in [9.17, 15) is 14.0 Å². The Balaban J connectivity index is 1.36. The predicted molar refractivity (Wildman–Crippen MR) is 131 cm³/mol. The summed E-state index contributed by atoms with van der Waals surface area (Å²) in [6.45, 7) is 2.89. The second-order valence-electron chi connectivity index (χ2n) is 8.09. The van der Waals surface area contributed by atoms with Crippen LogP contribution in [0.2, 0.25) is 0 Å². The summed E-state index contributed by atoms with van der Waals surface area (Å²) < 4.78 is 24.9.